The number of quaternary nitrogens is 3. The van der Waals surface area contributed by atoms with E-state index in [1.54, 1.807) is 0 Å². The summed E-state index contributed by atoms with van der Waals surface area (Å²) in [4.78, 5) is 29.7. The van der Waals surface area contributed by atoms with Gasteiger partial charge in [0.2, 0.25) is 5.52 Å². The maximum absolute atomic E-state index is 13.4. The minimum Gasteiger partial charge on any atom is -0.353 e. The van der Waals surface area contributed by atoms with Crippen molar-refractivity contribution >= 4 is 22.6 Å². The summed E-state index contributed by atoms with van der Waals surface area (Å²) in [5.74, 6) is -0.127. The molecule has 0 spiro atoms. The quantitative estimate of drug-likeness (QED) is 0.285. The fourth-order valence-electron chi connectivity index (χ4n) is 4.59. The predicted molar refractivity (Wildman–Crippen MR) is 141 cm³/mol. The molecule has 0 radical (unpaired) electrons. The number of likely N-dealkylation sites (N-methyl/N-ethyl adjacent to an activating group) is 1. The third kappa shape index (κ3) is 8.52. The number of aromatic nitrogens is 1. The number of carbonyl (C=O) groups excluding carboxylic acids is 2. The average molecular weight is 494 g/mol. The Morgan fingerprint density at radius 3 is 2.44 bits per heavy atom. The zero-order chi connectivity index (χ0) is 26.0. The minimum absolute atomic E-state index is 0.0170. The van der Waals surface area contributed by atoms with Crippen LogP contribution in [0.1, 0.15) is 30.4 Å². The number of amides is 1. The molecule has 0 saturated heterocycles. The summed E-state index contributed by atoms with van der Waals surface area (Å²) in [5.41, 5.74) is 11.1. The predicted octanol–water partition coefficient (Wildman–Crippen LogP) is 0.592. The van der Waals surface area contributed by atoms with Crippen molar-refractivity contribution in [2.45, 2.75) is 44.2 Å². The summed E-state index contributed by atoms with van der Waals surface area (Å²) in [6.45, 7) is 2.88. The highest BCUT2D eigenvalue weighted by Crippen LogP contribution is 2.13. The van der Waals surface area contributed by atoms with Crippen LogP contribution in [0.2, 0.25) is 0 Å². The molecule has 36 heavy (non-hydrogen) atoms. The highest BCUT2D eigenvalue weighted by Gasteiger charge is 2.26. The highest BCUT2D eigenvalue weighted by molar-refractivity contribution is 5.91. The molecule has 0 saturated carbocycles. The van der Waals surface area contributed by atoms with E-state index in [2.05, 4.69) is 48.0 Å². The first-order valence-electron chi connectivity index (χ1n) is 13.0. The topological polar surface area (TPSA) is 116 Å². The van der Waals surface area contributed by atoms with Gasteiger partial charge in [-0.1, -0.05) is 42.5 Å². The Kier molecular flexibility index (Phi) is 10.1. The van der Waals surface area contributed by atoms with Crippen LogP contribution in [0.5, 0.6) is 0 Å². The van der Waals surface area contributed by atoms with E-state index in [0.29, 0.717) is 12.8 Å². The monoisotopic (exact) mass is 493 g/mol. The Morgan fingerprint density at radius 2 is 1.69 bits per heavy atom. The van der Waals surface area contributed by atoms with E-state index in [0.717, 1.165) is 59.0 Å². The van der Waals surface area contributed by atoms with Crippen molar-refractivity contribution in [1.29, 1.82) is 0 Å². The van der Waals surface area contributed by atoms with Crippen LogP contribution in [-0.4, -0.2) is 62.0 Å². The fraction of sp³-hybridized carbons (Fsp3) is 0.414. The van der Waals surface area contributed by atoms with E-state index >= 15 is 0 Å². The second-order valence-electron chi connectivity index (χ2n) is 10.4. The van der Waals surface area contributed by atoms with Crippen LogP contribution in [0.25, 0.3) is 10.9 Å². The maximum Gasteiger partial charge on any atom is 0.278 e. The molecule has 0 fully saturated rings. The molecule has 7 nitrogen and oxygen atoms in total. The number of Topliss-reactive ketones (excluding diaryl/α,β-unsaturated/α-hetero) is 1. The number of nitrogens with zero attached hydrogens (tertiary/aromatic N) is 1. The number of para-hydroxylation sites is 1. The number of benzene rings is 2. The molecule has 0 aliphatic heterocycles. The SMILES string of the molecule is C[N+](C)(CC[NH3+])CCC[C@@H]([NH3+])C(=O)N[C@H](CCc1ccccc1)C(=O)Cc1c[nH+]c2ccccc2c1. The zero-order valence-electron chi connectivity index (χ0n) is 21.8. The lowest BCUT2D eigenvalue weighted by Crippen LogP contribution is -2.68. The molecule has 1 heterocycles. The van der Waals surface area contributed by atoms with Gasteiger partial charge in [-0.2, -0.15) is 0 Å². The number of hydrogen-bond donors (Lipinski definition) is 3. The summed E-state index contributed by atoms with van der Waals surface area (Å²) in [6.07, 6.45) is 5.03. The molecular weight excluding hydrogens is 450 g/mol. The third-order valence-electron chi connectivity index (χ3n) is 6.81. The fourth-order valence-corrected chi connectivity index (χ4v) is 4.59. The van der Waals surface area contributed by atoms with E-state index in [9.17, 15) is 9.59 Å². The highest BCUT2D eigenvalue weighted by atomic mass is 16.2. The Hall–Kier alpha value is -3.13. The number of rotatable bonds is 14. The minimum atomic E-state index is -0.549. The van der Waals surface area contributed by atoms with E-state index in [1.807, 2.05) is 54.7 Å². The molecule has 0 unspecified atom stereocenters. The molecule has 1 amide bonds. The van der Waals surface area contributed by atoms with Crippen molar-refractivity contribution in [3.8, 4) is 0 Å². The van der Waals surface area contributed by atoms with E-state index in [4.69, 9.17) is 0 Å². The molecule has 3 rings (SSSR count). The van der Waals surface area contributed by atoms with Crippen LogP contribution in [0.4, 0.5) is 0 Å². The number of fused-ring (bicyclic) bond motifs is 1. The van der Waals surface area contributed by atoms with Crippen molar-refractivity contribution < 1.29 is 30.5 Å². The van der Waals surface area contributed by atoms with E-state index < -0.39 is 6.04 Å². The van der Waals surface area contributed by atoms with Crippen LogP contribution < -0.4 is 21.8 Å². The number of pyridine rings is 1. The van der Waals surface area contributed by atoms with Gasteiger partial charge in [-0.05, 0) is 30.5 Å². The molecular formula is C29H43N5O2+4. The van der Waals surface area contributed by atoms with Crippen LogP contribution in [0.3, 0.4) is 0 Å². The summed E-state index contributed by atoms with van der Waals surface area (Å²) < 4.78 is 0.888. The van der Waals surface area contributed by atoms with Gasteiger partial charge in [-0.15, -0.1) is 0 Å². The van der Waals surface area contributed by atoms with E-state index in [1.165, 1.54) is 0 Å². The van der Waals surface area contributed by atoms with Crippen molar-refractivity contribution in [1.82, 2.24) is 5.32 Å². The summed E-state index contributed by atoms with van der Waals surface area (Å²) in [6, 6.07) is 19.2. The van der Waals surface area contributed by atoms with Crippen molar-refractivity contribution in [3.05, 3.63) is 78.0 Å². The molecule has 8 N–H and O–H groups in total. The Morgan fingerprint density at radius 1 is 0.972 bits per heavy atom. The van der Waals surface area contributed by atoms with Gasteiger partial charge in [-0.25, -0.2) is 4.98 Å². The molecule has 0 bridgehead atoms. The molecule has 192 valence electrons. The molecule has 7 heteroatoms. The maximum atomic E-state index is 13.4. The number of aromatic amines is 1. The van der Waals surface area contributed by atoms with Crippen molar-refractivity contribution in [2.75, 3.05) is 33.7 Å². The molecule has 1 aromatic heterocycles. The smallest absolute Gasteiger partial charge is 0.278 e. The second kappa shape index (κ2) is 13.3. The van der Waals surface area contributed by atoms with Gasteiger partial charge in [0, 0.05) is 36.3 Å². The lowest BCUT2D eigenvalue weighted by Gasteiger charge is -2.28. The Bertz CT molecular complexity index is 1130. The first kappa shape index (κ1) is 27.5. The summed E-state index contributed by atoms with van der Waals surface area (Å²) in [5, 5.41) is 4.10. The van der Waals surface area contributed by atoms with Gasteiger partial charge in [0.15, 0.2) is 18.0 Å². The largest absolute Gasteiger partial charge is 0.353 e. The van der Waals surface area contributed by atoms with Crippen LogP contribution in [-0.2, 0) is 22.4 Å². The van der Waals surface area contributed by atoms with Gasteiger partial charge in [-0.3, -0.25) is 9.59 Å². The third-order valence-corrected chi connectivity index (χ3v) is 6.81. The summed E-state index contributed by atoms with van der Waals surface area (Å²) in [7, 11) is 4.37. The zero-order valence-corrected chi connectivity index (χ0v) is 21.8. The molecule has 0 aliphatic rings. The number of aryl methyl sites for hydroxylation is 1. The molecule has 0 aliphatic carbocycles. The normalized spacial score (nSPS) is 13.3. The average Bonchev–Trinajstić information content (AvgIpc) is 2.86. The summed E-state index contributed by atoms with van der Waals surface area (Å²) >= 11 is 0. The van der Waals surface area contributed by atoms with Gasteiger partial charge < -0.3 is 21.3 Å². The van der Waals surface area contributed by atoms with Crippen LogP contribution >= 0.6 is 0 Å². The molecule has 3 aromatic rings. The Labute approximate surface area is 214 Å². The van der Waals surface area contributed by atoms with Crippen molar-refractivity contribution in [2.24, 2.45) is 0 Å². The first-order valence-corrected chi connectivity index (χ1v) is 13.0. The molecule has 2 atom stereocenters. The standard InChI is InChI=1S/C29H39N5O2/c1-34(2,18-16-30)17-8-12-25(31)29(36)33-27(15-14-22-9-4-3-5-10-22)28(35)20-23-19-24-11-6-7-13-26(24)32-21-23/h3-7,9-11,13,19,21,25,27H,8,12,14-18,20,30-31H2,1-2H3/p+4/t25-,27-/m1/s1. The number of H-pyrrole nitrogens is 1. The number of hydrogen-bond acceptors (Lipinski definition) is 2. The van der Waals surface area contributed by atoms with Crippen molar-refractivity contribution in [3.63, 3.8) is 0 Å². The van der Waals surface area contributed by atoms with Gasteiger partial charge >= 0.3 is 0 Å². The lowest BCUT2D eigenvalue weighted by atomic mass is 9.97. The lowest BCUT2D eigenvalue weighted by molar-refractivity contribution is -0.895. The van der Waals surface area contributed by atoms with Gasteiger partial charge in [0.05, 0.1) is 26.7 Å². The second-order valence-corrected chi connectivity index (χ2v) is 10.4. The Balaban J connectivity index is 1.64. The van der Waals surface area contributed by atoms with Gasteiger partial charge in [0.1, 0.15) is 13.1 Å². The van der Waals surface area contributed by atoms with E-state index in [-0.39, 0.29) is 24.2 Å². The number of nitrogens with one attached hydrogen (secondary N) is 2. The van der Waals surface area contributed by atoms with Crippen LogP contribution in [0.15, 0.2) is 66.9 Å². The van der Waals surface area contributed by atoms with Gasteiger partial charge in [0.25, 0.3) is 5.91 Å². The molecule has 2 aromatic carbocycles. The number of ketones is 1. The first-order chi connectivity index (χ1) is 17.3. The number of carbonyl (C=O) groups is 2. The van der Waals surface area contributed by atoms with Crippen LogP contribution in [0, 0.1) is 0 Å².